The third kappa shape index (κ3) is 2.36. The van der Waals surface area contributed by atoms with Gasteiger partial charge in [0.2, 0.25) is 0 Å². The van der Waals surface area contributed by atoms with Crippen LogP contribution in [0.5, 0.6) is 0 Å². The third-order valence-electron chi connectivity index (χ3n) is 2.57. The summed E-state index contributed by atoms with van der Waals surface area (Å²) in [6.45, 7) is 3.16. The number of aromatic amines is 1. The lowest BCUT2D eigenvalue weighted by molar-refractivity contribution is -0.142. The van der Waals surface area contributed by atoms with Crippen LogP contribution >= 0.6 is 0 Å². The molecule has 4 heteroatoms. The fourth-order valence-electron chi connectivity index (χ4n) is 1.74. The number of nitrogens with one attached hydrogen (secondary N) is 1. The number of hydrogen-bond acceptors (Lipinski definition) is 3. The Labute approximate surface area is 98.6 Å². The molecule has 0 amide bonds. The molecule has 0 bridgehead atoms. The summed E-state index contributed by atoms with van der Waals surface area (Å²) in [5.41, 5.74) is 2.45. The molecule has 0 saturated carbocycles. The summed E-state index contributed by atoms with van der Waals surface area (Å²) in [6.07, 6.45) is 1.70. The van der Waals surface area contributed by atoms with Crippen molar-refractivity contribution in [3.63, 3.8) is 0 Å². The SMILES string of the molecule is CC(=O)OCc1ccc2c(C(C)=O)c[nH]c2c1. The molecule has 0 fully saturated rings. The van der Waals surface area contributed by atoms with Crippen LogP contribution in [0.2, 0.25) is 0 Å². The number of Topliss-reactive ketones (excluding diaryl/α,β-unsaturated/α-hetero) is 1. The van der Waals surface area contributed by atoms with Gasteiger partial charge in [0.1, 0.15) is 6.61 Å². The summed E-state index contributed by atoms with van der Waals surface area (Å²) in [5.74, 6) is -0.273. The number of carbonyl (C=O) groups excluding carboxylic acids is 2. The van der Waals surface area contributed by atoms with Crippen LogP contribution in [-0.2, 0) is 16.1 Å². The van der Waals surface area contributed by atoms with Crippen LogP contribution in [0.25, 0.3) is 10.9 Å². The standard InChI is InChI=1S/C13H13NO3/c1-8(15)12-6-14-13-5-10(3-4-11(12)13)7-17-9(2)16/h3-6,14H,7H2,1-2H3. The minimum absolute atomic E-state index is 0.0315. The van der Waals surface area contributed by atoms with E-state index in [-0.39, 0.29) is 18.4 Å². The molecule has 1 N–H and O–H groups in total. The van der Waals surface area contributed by atoms with E-state index in [1.807, 2.05) is 18.2 Å². The van der Waals surface area contributed by atoms with Crippen molar-refractivity contribution >= 4 is 22.7 Å². The van der Waals surface area contributed by atoms with Crippen LogP contribution in [-0.4, -0.2) is 16.7 Å². The highest BCUT2D eigenvalue weighted by Gasteiger charge is 2.08. The number of ether oxygens (including phenoxy) is 1. The molecule has 1 aromatic heterocycles. The van der Waals surface area contributed by atoms with E-state index in [1.54, 1.807) is 6.20 Å². The molecular weight excluding hydrogens is 218 g/mol. The monoisotopic (exact) mass is 231 g/mol. The predicted molar refractivity (Wildman–Crippen MR) is 63.8 cm³/mol. The molecule has 17 heavy (non-hydrogen) atoms. The molecule has 0 aliphatic heterocycles. The van der Waals surface area contributed by atoms with Gasteiger partial charge in [-0.1, -0.05) is 12.1 Å². The number of ketones is 1. The maximum absolute atomic E-state index is 11.3. The van der Waals surface area contributed by atoms with Crippen LogP contribution in [0.1, 0.15) is 29.8 Å². The highest BCUT2D eigenvalue weighted by Crippen LogP contribution is 2.20. The maximum Gasteiger partial charge on any atom is 0.302 e. The molecule has 0 atom stereocenters. The van der Waals surface area contributed by atoms with Crippen molar-refractivity contribution in [3.8, 4) is 0 Å². The smallest absolute Gasteiger partial charge is 0.302 e. The zero-order valence-electron chi connectivity index (χ0n) is 9.74. The van der Waals surface area contributed by atoms with Gasteiger partial charge in [0.15, 0.2) is 5.78 Å². The lowest BCUT2D eigenvalue weighted by atomic mass is 10.1. The summed E-state index contributed by atoms with van der Waals surface area (Å²) in [5, 5.41) is 0.893. The van der Waals surface area contributed by atoms with Gasteiger partial charge in [0.25, 0.3) is 0 Å². The maximum atomic E-state index is 11.3. The van der Waals surface area contributed by atoms with Crippen molar-refractivity contribution in [1.82, 2.24) is 4.98 Å². The Kier molecular flexibility index (Phi) is 2.95. The van der Waals surface area contributed by atoms with Crippen molar-refractivity contribution in [1.29, 1.82) is 0 Å². The number of aromatic nitrogens is 1. The molecule has 0 aliphatic carbocycles. The Morgan fingerprint density at radius 3 is 2.71 bits per heavy atom. The number of carbonyl (C=O) groups is 2. The first-order valence-electron chi connectivity index (χ1n) is 5.32. The molecular formula is C13H13NO3. The molecule has 4 nitrogen and oxygen atoms in total. The van der Waals surface area contributed by atoms with E-state index < -0.39 is 0 Å². The number of H-pyrrole nitrogens is 1. The van der Waals surface area contributed by atoms with Crippen molar-refractivity contribution in [2.75, 3.05) is 0 Å². The van der Waals surface area contributed by atoms with Gasteiger partial charge >= 0.3 is 5.97 Å². The summed E-state index contributed by atoms with van der Waals surface area (Å²) in [7, 11) is 0. The Morgan fingerprint density at radius 1 is 1.29 bits per heavy atom. The van der Waals surface area contributed by atoms with Crippen molar-refractivity contribution in [3.05, 3.63) is 35.5 Å². The minimum atomic E-state index is -0.305. The van der Waals surface area contributed by atoms with E-state index in [9.17, 15) is 9.59 Å². The van der Waals surface area contributed by atoms with E-state index >= 15 is 0 Å². The van der Waals surface area contributed by atoms with Crippen LogP contribution in [0.3, 0.4) is 0 Å². The van der Waals surface area contributed by atoms with E-state index in [0.717, 1.165) is 16.5 Å². The second-order valence-corrected chi connectivity index (χ2v) is 3.92. The van der Waals surface area contributed by atoms with E-state index in [0.29, 0.717) is 5.56 Å². The van der Waals surface area contributed by atoms with Crippen LogP contribution < -0.4 is 0 Å². The Bertz CT molecular complexity index is 583. The summed E-state index contributed by atoms with van der Waals surface area (Å²) < 4.78 is 4.91. The molecule has 1 heterocycles. The van der Waals surface area contributed by atoms with Crippen molar-refractivity contribution in [2.45, 2.75) is 20.5 Å². The number of fused-ring (bicyclic) bond motifs is 1. The normalized spacial score (nSPS) is 10.5. The predicted octanol–water partition coefficient (Wildman–Crippen LogP) is 2.43. The molecule has 0 unspecified atom stereocenters. The first kappa shape index (κ1) is 11.4. The Morgan fingerprint density at radius 2 is 2.06 bits per heavy atom. The molecule has 0 spiro atoms. The summed E-state index contributed by atoms with van der Waals surface area (Å²) >= 11 is 0. The van der Waals surface area contributed by atoms with Crippen molar-refractivity contribution in [2.24, 2.45) is 0 Å². The molecule has 1 aromatic carbocycles. The van der Waals surface area contributed by atoms with Gasteiger partial charge in [-0.05, 0) is 18.6 Å². The number of benzene rings is 1. The molecule has 88 valence electrons. The van der Waals surface area contributed by atoms with Crippen LogP contribution in [0.15, 0.2) is 24.4 Å². The quantitative estimate of drug-likeness (QED) is 0.652. The van der Waals surface area contributed by atoms with Gasteiger partial charge in [-0.25, -0.2) is 0 Å². The molecule has 0 radical (unpaired) electrons. The topological polar surface area (TPSA) is 59.2 Å². The third-order valence-corrected chi connectivity index (χ3v) is 2.57. The fraction of sp³-hybridized carbons (Fsp3) is 0.231. The average molecular weight is 231 g/mol. The second kappa shape index (κ2) is 4.41. The zero-order valence-corrected chi connectivity index (χ0v) is 9.74. The van der Waals surface area contributed by atoms with Crippen LogP contribution in [0, 0.1) is 0 Å². The number of esters is 1. The Balaban J connectivity index is 2.32. The van der Waals surface area contributed by atoms with Crippen LogP contribution in [0.4, 0.5) is 0 Å². The van der Waals surface area contributed by atoms with Gasteiger partial charge in [-0.15, -0.1) is 0 Å². The zero-order chi connectivity index (χ0) is 12.4. The van der Waals surface area contributed by atoms with Crippen molar-refractivity contribution < 1.29 is 14.3 Å². The van der Waals surface area contributed by atoms with Gasteiger partial charge in [-0.2, -0.15) is 0 Å². The lowest BCUT2D eigenvalue weighted by Gasteiger charge is -2.02. The summed E-state index contributed by atoms with van der Waals surface area (Å²) in [4.78, 5) is 25.1. The lowest BCUT2D eigenvalue weighted by Crippen LogP contribution is -1.98. The number of hydrogen-bond donors (Lipinski definition) is 1. The van der Waals surface area contributed by atoms with E-state index in [1.165, 1.54) is 13.8 Å². The van der Waals surface area contributed by atoms with Gasteiger partial charge < -0.3 is 9.72 Å². The fourth-order valence-corrected chi connectivity index (χ4v) is 1.74. The first-order chi connectivity index (χ1) is 8.08. The van der Waals surface area contributed by atoms with Gasteiger partial charge in [0, 0.05) is 29.6 Å². The first-order valence-corrected chi connectivity index (χ1v) is 5.32. The summed E-state index contributed by atoms with van der Waals surface area (Å²) in [6, 6.07) is 5.59. The van der Waals surface area contributed by atoms with Gasteiger partial charge in [-0.3, -0.25) is 9.59 Å². The second-order valence-electron chi connectivity index (χ2n) is 3.92. The van der Waals surface area contributed by atoms with Gasteiger partial charge in [0.05, 0.1) is 0 Å². The minimum Gasteiger partial charge on any atom is -0.461 e. The highest BCUT2D eigenvalue weighted by atomic mass is 16.5. The molecule has 0 saturated heterocycles. The Hall–Kier alpha value is -2.10. The highest BCUT2D eigenvalue weighted by molar-refractivity contribution is 6.06. The molecule has 2 aromatic rings. The molecule has 0 aliphatic rings. The van der Waals surface area contributed by atoms with E-state index in [4.69, 9.17) is 4.74 Å². The van der Waals surface area contributed by atoms with E-state index in [2.05, 4.69) is 4.98 Å². The largest absolute Gasteiger partial charge is 0.461 e. The average Bonchev–Trinajstić information content (AvgIpc) is 2.69. The number of rotatable bonds is 3. The molecule has 2 rings (SSSR count).